The highest BCUT2D eigenvalue weighted by atomic mass is 32.2. The van der Waals surface area contributed by atoms with E-state index < -0.39 is 10.0 Å². The molecule has 0 spiro atoms. The van der Waals surface area contributed by atoms with Gasteiger partial charge < -0.3 is 5.73 Å². The molecule has 0 amide bonds. The lowest BCUT2D eigenvalue weighted by Gasteiger charge is -2.09. The first-order valence-corrected chi connectivity index (χ1v) is 9.13. The Labute approximate surface area is 138 Å². The lowest BCUT2D eigenvalue weighted by atomic mass is 10.2. The number of nitrogens with zero attached hydrogens (tertiary/aromatic N) is 2. The van der Waals surface area contributed by atoms with Crippen molar-refractivity contribution in [1.82, 2.24) is 9.97 Å². The molecular weight excluding hydrogens is 332 g/mol. The smallest absolute Gasteiger partial charge is 0.264 e. The lowest BCUT2D eigenvalue weighted by Crippen LogP contribution is -2.15. The topological polar surface area (TPSA) is 98.0 Å². The number of sulfonamides is 1. The van der Waals surface area contributed by atoms with Gasteiger partial charge in [-0.15, -0.1) is 0 Å². The molecule has 0 aliphatic carbocycles. The van der Waals surface area contributed by atoms with Crippen LogP contribution in [0.1, 0.15) is 5.69 Å². The summed E-state index contributed by atoms with van der Waals surface area (Å²) >= 11 is 1.55. The molecule has 1 aromatic carbocycles. The van der Waals surface area contributed by atoms with E-state index >= 15 is 0 Å². The fraction of sp³-hybridized carbons (Fsp3) is 0.0667. The van der Waals surface area contributed by atoms with Gasteiger partial charge in [0.1, 0.15) is 0 Å². The second kappa shape index (κ2) is 5.98. The van der Waals surface area contributed by atoms with Crippen LogP contribution in [0.2, 0.25) is 0 Å². The molecule has 0 saturated carbocycles. The molecular formula is C15H14N4O2S2. The molecule has 6 nitrogen and oxygen atoms in total. The molecule has 2 aromatic heterocycles. The van der Waals surface area contributed by atoms with Crippen molar-refractivity contribution in [1.29, 1.82) is 0 Å². The van der Waals surface area contributed by atoms with Crippen LogP contribution in [0.4, 0.5) is 11.6 Å². The summed E-state index contributed by atoms with van der Waals surface area (Å²) in [5, 5.41) is 3.88. The van der Waals surface area contributed by atoms with Crippen LogP contribution in [0.3, 0.4) is 0 Å². The highest BCUT2D eigenvalue weighted by Gasteiger charge is 2.16. The Hall–Kier alpha value is -2.45. The quantitative estimate of drug-likeness (QED) is 0.708. The van der Waals surface area contributed by atoms with Crippen molar-refractivity contribution in [2.24, 2.45) is 0 Å². The number of aryl methyl sites for hydroxylation is 1. The molecule has 3 N–H and O–H groups in total. The van der Waals surface area contributed by atoms with Crippen molar-refractivity contribution >= 4 is 33.0 Å². The molecule has 8 heteroatoms. The molecule has 0 aliphatic rings. The van der Waals surface area contributed by atoms with Crippen LogP contribution in [0.5, 0.6) is 0 Å². The van der Waals surface area contributed by atoms with E-state index in [1.165, 1.54) is 24.3 Å². The molecule has 0 fully saturated rings. The molecule has 0 atom stereocenters. The summed E-state index contributed by atoms with van der Waals surface area (Å²) in [6.07, 6.45) is 0. The minimum atomic E-state index is -3.76. The maximum Gasteiger partial charge on any atom is 0.264 e. The Morgan fingerprint density at radius 1 is 1.13 bits per heavy atom. The number of nitrogens with one attached hydrogen (secondary N) is 1. The van der Waals surface area contributed by atoms with Crippen LogP contribution in [-0.4, -0.2) is 18.4 Å². The fourth-order valence-corrected chi connectivity index (χ4v) is 3.59. The number of anilines is 2. The van der Waals surface area contributed by atoms with E-state index in [1.54, 1.807) is 18.3 Å². The van der Waals surface area contributed by atoms with Crippen LogP contribution in [0.15, 0.2) is 52.1 Å². The van der Waals surface area contributed by atoms with Gasteiger partial charge in [-0.1, -0.05) is 0 Å². The number of aromatic nitrogens is 2. The molecule has 3 rings (SSSR count). The van der Waals surface area contributed by atoms with Gasteiger partial charge in [-0.3, -0.25) is 0 Å². The number of nitrogens with two attached hydrogens (primary N) is 1. The largest absolute Gasteiger partial charge is 0.399 e. The van der Waals surface area contributed by atoms with E-state index in [1.807, 2.05) is 22.9 Å². The average molecular weight is 346 g/mol. The van der Waals surface area contributed by atoms with E-state index in [0.29, 0.717) is 17.1 Å². The third kappa shape index (κ3) is 3.49. The van der Waals surface area contributed by atoms with Crippen molar-refractivity contribution in [3.05, 3.63) is 52.9 Å². The van der Waals surface area contributed by atoms with Crippen molar-refractivity contribution in [2.75, 3.05) is 10.5 Å². The minimum absolute atomic E-state index is 0.0445. The number of hydrogen-bond acceptors (Lipinski definition) is 6. The molecule has 23 heavy (non-hydrogen) atoms. The van der Waals surface area contributed by atoms with Gasteiger partial charge in [0.05, 0.1) is 10.6 Å². The Bertz CT molecular complexity index is 921. The van der Waals surface area contributed by atoms with Gasteiger partial charge in [0.25, 0.3) is 10.0 Å². The summed E-state index contributed by atoms with van der Waals surface area (Å²) in [6, 6.07) is 9.67. The van der Waals surface area contributed by atoms with Crippen molar-refractivity contribution in [3.8, 4) is 11.3 Å². The summed E-state index contributed by atoms with van der Waals surface area (Å²) < 4.78 is 27.2. The summed E-state index contributed by atoms with van der Waals surface area (Å²) in [7, 11) is -3.76. The van der Waals surface area contributed by atoms with Crippen molar-refractivity contribution in [2.45, 2.75) is 11.8 Å². The highest BCUT2D eigenvalue weighted by molar-refractivity contribution is 7.92. The molecule has 3 aromatic rings. The van der Waals surface area contributed by atoms with E-state index in [-0.39, 0.29) is 10.8 Å². The molecule has 2 heterocycles. The van der Waals surface area contributed by atoms with Crippen LogP contribution in [0.25, 0.3) is 11.3 Å². The van der Waals surface area contributed by atoms with E-state index in [4.69, 9.17) is 5.73 Å². The number of thiophene rings is 1. The SMILES string of the molecule is Cc1cc(-c2ccsc2)nc(NS(=O)(=O)c2ccc(N)cc2)n1. The van der Waals surface area contributed by atoms with Gasteiger partial charge >= 0.3 is 0 Å². The van der Waals surface area contributed by atoms with E-state index in [0.717, 1.165) is 5.56 Å². The second-order valence-corrected chi connectivity index (χ2v) is 7.37. The third-order valence-electron chi connectivity index (χ3n) is 3.09. The highest BCUT2D eigenvalue weighted by Crippen LogP contribution is 2.23. The Morgan fingerprint density at radius 3 is 2.52 bits per heavy atom. The summed E-state index contributed by atoms with van der Waals surface area (Å²) in [6.45, 7) is 1.79. The zero-order valence-electron chi connectivity index (χ0n) is 12.2. The first kappa shape index (κ1) is 15.4. The zero-order chi connectivity index (χ0) is 16.4. The van der Waals surface area contributed by atoms with Gasteiger partial charge in [-0.2, -0.15) is 11.3 Å². The van der Waals surface area contributed by atoms with Crippen molar-refractivity contribution < 1.29 is 8.42 Å². The number of rotatable bonds is 4. The minimum Gasteiger partial charge on any atom is -0.399 e. The molecule has 0 bridgehead atoms. The van der Waals surface area contributed by atoms with Crippen molar-refractivity contribution in [3.63, 3.8) is 0 Å². The zero-order valence-corrected chi connectivity index (χ0v) is 13.9. The predicted molar refractivity (Wildman–Crippen MR) is 91.7 cm³/mol. The van der Waals surface area contributed by atoms with Crippen LogP contribution in [0, 0.1) is 6.92 Å². The van der Waals surface area contributed by atoms with Gasteiger partial charge in [-0.25, -0.2) is 23.1 Å². The van der Waals surface area contributed by atoms with Gasteiger partial charge in [-0.05, 0) is 48.7 Å². The van der Waals surface area contributed by atoms with Gasteiger partial charge in [0.2, 0.25) is 5.95 Å². The molecule has 0 aliphatic heterocycles. The van der Waals surface area contributed by atoms with Gasteiger partial charge in [0.15, 0.2) is 0 Å². The average Bonchev–Trinajstić information content (AvgIpc) is 3.00. The van der Waals surface area contributed by atoms with Crippen LogP contribution >= 0.6 is 11.3 Å². The van der Waals surface area contributed by atoms with Crippen LogP contribution < -0.4 is 10.5 Å². The van der Waals surface area contributed by atoms with Gasteiger partial charge in [0, 0.05) is 22.3 Å². The monoisotopic (exact) mass is 346 g/mol. The lowest BCUT2D eigenvalue weighted by molar-refractivity contribution is 0.601. The normalized spacial score (nSPS) is 11.3. The molecule has 118 valence electrons. The number of nitrogen functional groups attached to an aromatic ring is 1. The molecule has 0 radical (unpaired) electrons. The third-order valence-corrected chi connectivity index (χ3v) is 5.11. The molecule has 0 saturated heterocycles. The number of benzene rings is 1. The molecule has 0 unspecified atom stereocenters. The predicted octanol–water partition coefficient (Wildman–Crippen LogP) is 2.90. The van der Waals surface area contributed by atoms with Crippen LogP contribution in [-0.2, 0) is 10.0 Å². The fourth-order valence-electron chi connectivity index (χ4n) is 2.00. The Kier molecular flexibility index (Phi) is 4.01. The Balaban J connectivity index is 1.95. The Morgan fingerprint density at radius 2 is 1.87 bits per heavy atom. The standard InChI is InChI=1S/C15H14N4O2S2/c1-10-8-14(11-6-7-22-9-11)18-15(17-10)19-23(20,21)13-4-2-12(16)3-5-13/h2-9H,16H2,1H3,(H,17,18,19). The second-order valence-electron chi connectivity index (χ2n) is 4.90. The number of hydrogen-bond donors (Lipinski definition) is 2. The first-order chi connectivity index (χ1) is 10.9. The van der Waals surface area contributed by atoms with E-state index in [9.17, 15) is 8.42 Å². The summed E-state index contributed by atoms with van der Waals surface area (Å²) in [5.41, 5.74) is 8.35. The maximum absolute atomic E-state index is 12.4. The first-order valence-electron chi connectivity index (χ1n) is 6.71. The van der Waals surface area contributed by atoms with E-state index in [2.05, 4.69) is 14.7 Å². The summed E-state index contributed by atoms with van der Waals surface area (Å²) in [5.74, 6) is 0.0445. The maximum atomic E-state index is 12.4. The summed E-state index contributed by atoms with van der Waals surface area (Å²) in [4.78, 5) is 8.54.